The molecule has 0 heterocycles. The van der Waals surface area contributed by atoms with Crippen LogP contribution >= 0.6 is 0 Å². The number of carbonyl (C=O) groups is 1. The standard InChI is InChI=1S/C14H21NO3/c1-5-12(14(16)17)15-10(3)11-8-9(2)6-7-13(11)18-4/h6-8,10,12,15H,5H2,1-4H3,(H,16,17). The number of carboxylic acid groups (broad SMARTS) is 1. The van der Waals surface area contributed by atoms with Crippen LogP contribution in [0.5, 0.6) is 5.75 Å². The topological polar surface area (TPSA) is 58.6 Å². The van der Waals surface area contributed by atoms with Crippen LogP contribution in [-0.2, 0) is 4.79 Å². The summed E-state index contributed by atoms with van der Waals surface area (Å²) in [4.78, 5) is 11.0. The second kappa shape index (κ2) is 6.40. The zero-order valence-corrected chi connectivity index (χ0v) is 11.4. The van der Waals surface area contributed by atoms with Crippen molar-refractivity contribution in [1.82, 2.24) is 5.32 Å². The quantitative estimate of drug-likeness (QED) is 0.815. The van der Waals surface area contributed by atoms with Crippen molar-refractivity contribution in [3.05, 3.63) is 29.3 Å². The number of ether oxygens (including phenoxy) is 1. The molecule has 0 aliphatic carbocycles. The van der Waals surface area contributed by atoms with Gasteiger partial charge in [0.2, 0.25) is 0 Å². The summed E-state index contributed by atoms with van der Waals surface area (Å²) in [7, 11) is 1.62. The molecule has 1 aromatic carbocycles. The highest BCUT2D eigenvalue weighted by molar-refractivity contribution is 5.73. The van der Waals surface area contributed by atoms with Gasteiger partial charge in [-0.1, -0.05) is 24.6 Å². The summed E-state index contributed by atoms with van der Waals surface area (Å²) in [5.41, 5.74) is 2.11. The molecule has 1 rings (SSSR count). The summed E-state index contributed by atoms with van der Waals surface area (Å²) in [6, 6.07) is 5.30. The molecule has 1 aromatic rings. The van der Waals surface area contributed by atoms with E-state index in [1.165, 1.54) is 0 Å². The van der Waals surface area contributed by atoms with E-state index in [-0.39, 0.29) is 6.04 Å². The Morgan fingerprint density at radius 2 is 2.17 bits per heavy atom. The summed E-state index contributed by atoms with van der Waals surface area (Å²) >= 11 is 0. The normalized spacial score (nSPS) is 14.0. The van der Waals surface area contributed by atoms with Crippen LogP contribution in [0, 0.1) is 6.92 Å². The van der Waals surface area contributed by atoms with Crippen LogP contribution in [-0.4, -0.2) is 24.2 Å². The minimum Gasteiger partial charge on any atom is -0.496 e. The lowest BCUT2D eigenvalue weighted by molar-refractivity contribution is -0.139. The van der Waals surface area contributed by atoms with E-state index in [4.69, 9.17) is 9.84 Å². The van der Waals surface area contributed by atoms with Gasteiger partial charge in [-0.05, 0) is 26.3 Å². The summed E-state index contributed by atoms with van der Waals surface area (Å²) < 4.78 is 5.31. The Balaban J connectivity index is 2.92. The van der Waals surface area contributed by atoms with Crippen LogP contribution in [0.25, 0.3) is 0 Å². The first kappa shape index (κ1) is 14.5. The fourth-order valence-electron chi connectivity index (χ4n) is 1.95. The number of rotatable bonds is 6. The molecule has 100 valence electrons. The van der Waals surface area contributed by atoms with E-state index < -0.39 is 12.0 Å². The lowest BCUT2D eigenvalue weighted by Gasteiger charge is -2.21. The SMILES string of the molecule is CCC(NC(C)c1cc(C)ccc1OC)C(=O)O. The molecule has 0 aliphatic rings. The first-order chi connectivity index (χ1) is 8.49. The third-order valence-electron chi connectivity index (χ3n) is 3.01. The van der Waals surface area contributed by atoms with Crippen molar-refractivity contribution in [3.8, 4) is 5.75 Å². The Hall–Kier alpha value is -1.55. The molecule has 0 aromatic heterocycles. The molecule has 0 fully saturated rings. The Morgan fingerprint density at radius 1 is 1.50 bits per heavy atom. The van der Waals surface area contributed by atoms with E-state index in [9.17, 15) is 4.79 Å². The van der Waals surface area contributed by atoms with Crippen LogP contribution in [0.15, 0.2) is 18.2 Å². The number of hydrogen-bond acceptors (Lipinski definition) is 3. The van der Waals surface area contributed by atoms with E-state index in [0.29, 0.717) is 6.42 Å². The zero-order valence-electron chi connectivity index (χ0n) is 11.4. The maximum Gasteiger partial charge on any atom is 0.320 e. The first-order valence-corrected chi connectivity index (χ1v) is 6.13. The summed E-state index contributed by atoms with van der Waals surface area (Å²) in [6.45, 7) is 5.80. The second-order valence-corrected chi connectivity index (χ2v) is 4.43. The van der Waals surface area contributed by atoms with Crippen molar-refractivity contribution in [2.24, 2.45) is 0 Å². The Kier molecular flexibility index (Phi) is 5.16. The van der Waals surface area contributed by atoms with Gasteiger partial charge in [-0.2, -0.15) is 0 Å². The van der Waals surface area contributed by atoms with Gasteiger partial charge >= 0.3 is 5.97 Å². The van der Waals surface area contributed by atoms with Crippen molar-refractivity contribution < 1.29 is 14.6 Å². The lowest BCUT2D eigenvalue weighted by atomic mass is 10.0. The van der Waals surface area contributed by atoms with Crippen molar-refractivity contribution in [2.75, 3.05) is 7.11 Å². The van der Waals surface area contributed by atoms with Crippen molar-refractivity contribution in [2.45, 2.75) is 39.3 Å². The number of benzene rings is 1. The lowest BCUT2D eigenvalue weighted by Crippen LogP contribution is -2.37. The van der Waals surface area contributed by atoms with Crippen molar-refractivity contribution in [1.29, 1.82) is 0 Å². The molecule has 4 nitrogen and oxygen atoms in total. The molecule has 2 N–H and O–H groups in total. The maximum atomic E-state index is 11.0. The molecule has 0 saturated heterocycles. The number of aliphatic carboxylic acids is 1. The minimum atomic E-state index is -0.823. The molecule has 0 saturated carbocycles. The number of nitrogens with one attached hydrogen (secondary N) is 1. The number of aryl methyl sites for hydroxylation is 1. The molecular weight excluding hydrogens is 230 g/mol. The van der Waals surface area contributed by atoms with Gasteiger partial charge in [-0.3, -0.25) is 10.1 Å². The molecule has 0 bridgehead atoms. The first-order valence-electron chi connectivity index (χ1n) is 6.13. The predicted molar refractivity (Wildman–Crippen MR) is 71.0 cm³/mol. The van der Waals surface area contributed by atoms with Crippen LogP contribution in [0.3, 0.4) is 0 Å². The fraction of sp³-hybridized carbons (Fsp3) is 0.500. The molecule has 0 radical (unpaired) electrons. The Labute approximate surface area is 108 Å². The second-order valence-electron chi connectivity index (χ2n) is 4.43. The number of hydrogen-bond donors (Lipinski definition) is 2. The molecule has 0 aliphatic heterocycles. The van der Waals surface area contributed by atoms with E-state index in [1.807, 2.05) is 39.0 Å². The molecular formula is C14H21NO3. The number of methoxy groups -OCH3 is 1. The van der Waals surface area contributed by atoms with Crippen LogP contribution in [0.2, 0.25) is 0 Å². The molecule has 0 amide bonds. The van der Waals surface area contributed by atoms with Crippen LogP contribution in [0.1, 0.15) is 37.4 Å². The summed E-state index contributed by atoms with van der Waals surface area (Å²) in [6.07, 6.45) is 0.549. The van der Waals surface area contributed by atoms with Crippen LogP contribution < -0.4 is 10.1 Å². The van der Waals surface area contributed by atoms with Gasteiger partial charge in [0.1, 0.15) is 11.8 Å². The van der Waals surface area contributed by atoms with Gasteiger partial charge < -0.3 is 9.84 Å². The Bertz CT molecular complexity index is 418. The highest BCUT2D eigenvalue weighted by atomic mass is 16.5. The average Bonchev–Trinajstić information content (AvgIpc) is 2.35. The van der Waals surface area contributed by atoms with Gasteiger partial charge in [0, 0.05) is 11.6 Å². The number of carboxylic acids is 1. The average molecular weight is 251 g/mol. The predicted octanol–water partition coefficient (Wildman–Crippen LogP) is 2.52. The van der Waals surface area contributed by atoms with Crippen molar-refractivity contribution in [3.63, 3.8) is 0 Å². The van der Waals surface area contributed by atoms with Gasteiger partial charge in [-0.15, -0.1) is 0 Å². The van der Waals surface area contributed by atoms with Gasteiger partial charge in [-0.25, -0.2) is 0 Å². The zero-order chi connectivity index (χ0) is 13.7. The molecule has 0 spiro atoms. The van der Waals surface area contributed by atoms with Gasteiger partial charge in [0.05, 0.1) is 7.11 Å². The molecule has 18 heavy (non-hydrogen) atoms. The molecule has 4 heteroatoms. The largest absolute Gasteiger partial charge is 0.496 e. The van der Waals surface area contributed by atoms with Gasteiger partial charge in [0.25, 0.3) is 0 Å². The van der Waals surface area contributed by atoms with E-state index in [2.05, 4.69) is 5.32 Å². The molecule has 2 atom stereocenters. The third-order valence-corrected chi connectivity index (χ3v) is 3.01. The van der Waals surface area contributed by atoms with Crippen LogP contribution in [0.4, 0.5) is 0 Å². The smallest absolute Gasteiger partial charge is 0.320 e. The third kappa shape index (κ3) is 3.47. The van der Waals surface area contributed by atoms with Crippen molar-refractivity contribution >= 4 is 5.97 Å². The maximum absolute atomic E-state index is 11.0. The van der Waals surface area contributed by atoms with E-state index >= 15 is 0 Å². The minimum absolute atomic E-state index is 0.0686. The van der Waals surface area contributed by atoms with E-state index in [0.717, 1.165) is 16.9 Å². The highest BCUT2D eigenvalue weighted by Gasteiger charge is 2.20. The molecule has 2 unspecified atom stereocenters. The highest BCUT2D eigenvalue weighted by Crippen LogP contribution is 2.26. The summed E-state index contributed by atoms with van der Waals surface area (Å²) in [5.74, 6) is -0.0446. The summed E-state index contributed by atoms with van der Waals surface area (Å²) in [5, 5.41) is 12.2. The monoisotopic (exact) mass is 251 g/mol. The van der Waals surface area contributed by atoms with E-state index in [1.54, 1.807) is 7.11 Å². The fourth-order valence-corrected chi connectivity index (χ4v) is 1.95. The Morgan fingerprint density at radius 3 is 2.67 bits per heavy atom. The van der Waals surface area contributed by atoms with Gasteiger partial charge in [0.15, 0.2) is 0 Å².